The Kier molecular flexibility index (Phi) is 40.2. The molecule has 0 fully saturated rings. The van der Waals surface area contributed by atoms with Crippen LogP contribution in [-0.4, -0.2) is 55.6 Å². The Balaban J connectivity index is 4.42. The lowest BCUT2D eigenvalue weighted by Crippen LogP contribution is -2.36. The number of unbranched alkanes of at least 4 members (excludes halogenated alkanes) is 20. The van der Waals surface area contributed by atoms with Gasteiger partial charge in [0, 0.05) is 32.9 Å². The van der Waals surface area contributed by atoms with E-state index in [9.17, 15) is 4.79 Å². The molecule has 5 nitrogen and oxygen atoms in total. The van der Waals surface area contributed by atoms with Crippen LogP contribution in [0.1, 0.15) is 213 Å². The summed E-state index contributed by atoms with van der Waals surface area (Å²) >= 11 is 0. The van der Waals surface area contributed by atoms with Crippen LogP contribution in [0.15, 0.2) is 48.6 Å². The van der Waals surface area contributed by atoms with Gasteiger partial charge < -0.3 is 19.5 Å². The van der Waals surface area contributed by atoms with E-state index >= 15 is 0 Å². The Labute approximate surface area is 330 Å². The van der Waals surface area contributed by atoms with Crippen molar-refractivity contribution in [3.05, 3.63) is 48.6 Å². The number of carboxylic acid groups (broad SMARTS) is 1. The predicted molar refractivity (Wildman–Crippen MR) is 232 cm³/mol. The molecule has 0 spiro atoms. The van der Waals surface area contributed by atoms with Gasteiger partial charge in [-0.25, -0.2) is 0 Å². The molecule has 0 amide bonds. The molecule has 5 heteroatoms. The molecule has 0 rings (SSSR count). The molecule has 0 heterocycles. The Hall–Kier alpha value is -1.69. The third-order valence-electron chi connectivity index (χ3n) is 10.4. The summed E-state index contributed by atoms with van der Waals surface area (Å²) in [5, 5.41) is 8.85. The van der Waals surface area contributed by atoms with E-state index in [0.717, 1.165) is 83.9 Å². The second-order valence-corrected chi connectivity index (χ2v) is 15.5. The third-order valence-corrected chi connectivity index (χ3v) is 10.4. The van der Waals surface area contributed by atoms with Crippen molar-refractivity contribution >= 4 is 5.97 Å². The highest BCUT2D eigenvalue weighted by Gasteiger charge is 2.29. The Bertz CT molecular complexity index is 831. The number of nitrogens with zero attached hydrogens (tertiary/aromatic N) is 1. The summed E-state index contributed by atoms with van der Waals surface area (Å²) in [6.07, 6.45) is 55.0. The van der Waals surface area contributed by atoms with Crippen LogP contribution in [0.25, 0.3) is 0 Å². The third kappa shape index (κ3) is 38.4. The number of hydrogen-bond donors (Lipinski definition) is 1. The van der Waals surface area contributed by atoms with E-state index in [4.69, 9.17) is 14.6 Å². The lowest BCUT2D eigenvalue weighted by Gasteiger charge is -2.33. The molecule has 53 heavy (non-hydrogen) atoms. The Morgan fingerprint density at radius 3 is 1.36 bits per heavy atom. The van der Waals surface area contributed by atoms with E-state index in [1.54, 1.807) is 0 Å². The first kappa shape index (κ1) is 51.3. The highest BCUT2D eigenvalue weighted by Crippen LogP contribution is 2.29. The van der Waals surface area contributed by atoms with E-state index in [0.29, 0.717) is 0 Å². The number of allylic oxidation sites excluding steroid dienone is 8. The van der Waals surface area contributed by atoms with Crippen molar-refractivity contribution in [3.63, 3.8) is 0 Å². The predicted octanol–water partition coefficient (Wildman–Crippen LogP) is 14.7. The van der Waals surface area contributed by atoms with Crippen molar-refractivity contribution in [2.24, 2.45) is 0 Å². The van der Waals surface area contributed by atoms with E-state index in [-0.39, 0.29) is 6.42 Å². The summed E-state index contributed by atoms with van der Waals surface area (Å²) in [6, 6.07) is 0. The van der Waals surface area contributed by atoms with Crippen LogP contribution in [-0.2, 0) is 14.3 Å². The van der Waals surface area contributed by atoms with E-state index < -0.39 is 11.8 Å². The first-order valence-corrected chi connectivity index (χ1v) is 22.7. The maximum atomic E-state index is 10.7. The molecule has 0 aliphatic rings. The van der Waals surface area contributed by atoms with Gasteiger partial charge in [-0.15, -0.1) is 0 Å². The number of carboxylic acids is 1. The zero-order valence-electron chi connectivity index (χ0n) is 35.8. The fourth-order valence-corrected chi connectivity index (χ4v) is 6.84. The summed E-state index contributed by atoms with van der Waals surface area (Å²) in [5.74, 6) is -1.15. The smallest absolute Gasteiger partial charge is 0.303 e. The minimum atomic E-state index is -0.692. The van der Waals surface area contributed by atoms with E-state index in [1.165, 1.54) is 128 Å². The van der Waals surface area contributed by atoms with Crippen molar-refractivity contribution in [1.82, 2.24) is 4.90 Å². The summed E-state index contributed by atoms with van der Waals surface area (Å²) in [5.41, 5.74) is 0. The lowest BCUT2D eigenvalue weighted by molar-refractivity contribution is -0.232. The standard InChI is InChI=1S/C48H89NO4/c1-5-7-9-11-13-15-17-19-21-23-25-27-29-31-33-37-42-48(52-4,53-46-40-45-49(3)44-39-35-36-41-47(50)51)43-38-34-32-30-28-26-24-22-20-18-16-14-12-10-8-6-2/h13-16,19-22H,5-12,17-18,23-46H2,1-4H3,(H,50,51)/b15-13-,16-14-,21-19-,22-20-. The Morgan fingerprint density at radius 1 is 0.528 bits per heavy atom. The number of ether oxygens (including phenoxy) is 2. The van der Waals surface area contributed by atoms with Crippen LogP contribution in [0.5, 0.6) is 0 Å². The molecule has 0 radical (unpaired) electrons. The van der Waals surface area contributed by atoms with Gasteiger partial charge in [-0.05, 0) is 110 Å². The first-order chi connectivity index (χ1) is 26.0. The monoisotopic (exact) mass is 744 g/mol. The molecule has 0 aromatic rings. The zero-order chi connectivity index (χ0) is 38.8. The Morgan fingerprint density at radius 2 is 0.925 bits per heavy atom. The molecular weight excluding hydrogens is 655 g/mol. The summed E-state index contributed by atoms with van der Waals surface area (Å²) in [7, 11) is 4.02. The molecule has 0 unspecified atom stereocenters. The molecular formula is C48H89NO4. The number of methoxy groups -OCH3 is 1. The second-order valence-electron chi connectivity index (χ2n) is 15.5. The van der Waals surface area contributed by atoms with E-state index in [2.05, 4.69) is 74.4 Å². The van der Waals surface area contributed by atoms with Crippen molar-refractivity contribution in [2.45, 2.75) is 219 Å². The average Bonchev–Trinajstić information content (AvgIpc) is 3.15. The maximum absolute atomic E-state index is 10.7. The number of carbonyl (C=O) groups is 1. The minimum Gasteiger partial charge on any atom is -0.481 e. The van der Waals surface area contributed by atoms with Crippen molar-refractivity contribution < 1.29 is 19.4 Å². The quantitative estimate of drug-likeness (QED) is 0.0383. The van der Waals surface area contributed by atoms with Crippen molar-refractivity contribution in [2.75, 3.05) is 33.9 Å². The van der Waals surface area contributed by atoms with Gasteiger partial charge in [-0.2, -0.15) is 0 Å². The van der Waals surface area contributed by atoms with Gasteiger partial charge in [0.05, 0.1) is 6.61 Å². The topological polar surface area (TPSA) is 59.0 Å². The maximum Gasteiger partial charge on any atom is 0.303 e. The highest BCUT2D eigenvalue weighted by molar-refractivity contribution is 5.66. The van der Waals surface area contributed by atoms with Gasteiger partial charge in [-0.1, -0.05) is 146 Å². The van der Waals surface area contributed by atoms with Crippen molar-refractivity contribution in [3.8, 4) is 0 Å². The van der Waals surface area contributed by atoms with Gasteiger partial charge in [0.15, 0.2) is 5.79 Å². The number of rotatable bonds is 42. The first-order valence-electron chi connectivity index (χ1n) is 22.7. The van der Waals surface area contributed by atoms with Gasteiger partial charge in [0.1, 0.15) is 0 Å². The molecule has 1 N–H and O–H groups in total. The van der Waals surface area contributed by atoms with Gasteiger partial charge in [0.25, 0.3) is 0 Å². The molecule has 0 bridgehead atoms. The van der Waals surface area contributed by atoms with Crippen LogP contribution in [0, 0.1) is 0 Å². The van der Waals surface area contributed by atoms with Crippen molar-refractivity contribution in [1.29, 1.82) is 0 Å². The summed E-state index contributed by atoms with van der Waals surface area (Å²) in [6.45, 7) is 7.25. The number of aliphatic carboxylic acids is 1. The summed E-state index contributed by atoms with van der Waals surface area (Å²) in [4.78, 5) is 13.1. The molecule has 0 aliphatic heterocycles. The molecule has 0 aliphatic carbocycles. The number of hydrogen-bond acceptors (Lipinski definition) is 4. The molecule has 0 saturated heterocycles. The molecule has 0 aromatic heterocycles. The van der Waals surface area contributed by atoms with Crippen LogP contribution >= 0.6 is 0 Å². The molecule has 310 valence electrons. The van der Waals surface area contributed by atoms with Crippen LogP contribution in [0.3, 0.4) is 0 Å². The fourth-order valence-electron chi connectivity index (χ4n) is 6.84. The highest BCUT2D eigenvalue weighted by atomic mass is 16.7. The molecule has 0 aromatic carbocycles. The normalized spacial score (nSPS) is 12.6. The van der Waals surface area contributed by atoms with Gasteiger partial charge >= 0.3 is 5.97 Å². The summed E-state index contributed by atoms with van der Waals surface area (Å²) < 4.78 is 12.8. The zero-order valence-corrected chi connectivity index (χ0v) is 35.8. The second kappa shape index (κ2) is 41.5. The lowest BCUT2D eigenvalue weighted by atomic mass is 9.98. The van der Waals surface area contributed by atoms with Crippen LogP contribution in [0.2, 0.25) is 0 Å². The molecule has 0 atom stereocenters. The van der Waals surface area contributed by atoms with Crippen LogP contribution < -0.4 is 0 Å². The fraction of sp³-hybridized carbons (Fsp3) is 0.812. The molecule has 0 saturated carbocycles. The minimum absolute atomic E-state index is 0.279. The SMILES string of the molecule is CCCCC/C=C\C/C=C\CCCCCCCCC(CCCCCCCC/C=C\C/C=C\CCCCC)(OC)OCCCN(C)CCCCCC(=O)O. The average molecular weight is 744 g/mol. The largest absolute Gasteiger partial charge is 0.481 e. The van der Waals surface area contributed by atoms with Crippen LogP contribution in [0.4, 0.5) is 0 Å². The van der Waals surface area contributed by atoms with Gasteiger partial charge in [-0.3, -0.25) is 4.79 Å². The van der Waals surface area contributed by atoms with E-state index in [1.807, 2.05) is 7.11 Å². The van der Waals surface area contributed by atoms with Gasteiger partial charge in [0.2, 0.25) is 0 Å².